The Bertz CT molecular complexity index is 1900. The average Bonchev–Trinajstić information content (AvgIpc) is 3.59. The Balaban J connectivity index is 1.11. The standard InChI is InChI=1S/C37H37N7O6/c38-32(45)23-40-37(50)31-13-5-15-44(31)35(48)21-26-8-3-11-29(18-26)42-33(46)19-24-6-1-10-28(16-24)41-34(47)20-25-7-2-12-30(17-25)43-36(49)27-9-4-14-39-22-27/h1-4,6-12,14,16-18,22,31H,5,13,15,19-21,23H2,(H2,38,45)(H,40,50)(H,41,47)(H,42,46)(H,43,49)/t31-/m0/s1. The lowest BCUT2D eigenvalue weighted by Gasteiger charge is -2.24. The summed E-state index contributed by atoms with van der Waals surface area (Å²) in [6.45, 7) is 0.147. The lowest BCUT2D eigenvalue weighted by atomic mass is 10.1. The number of aromatic nitrogens is 1. The minimum atomic E-state index is -0.659. The lowest BCUT2D eigenvalue weighted by Crippen LogP contribution is -2.48. The predicted octanol–water partition coefficient (Wildman–Crippen LogP) is 2.83. The Labute approximate surface area is 288 Å². The molecule has 1 aliphatic heterocycles. The Morgan fingerprint density at radius 3 is 1.82 bits per heavy atom. The van der Waals surface area contributed by atoms with Gasteiger partial charge in [-0.05, 0) is 78.1 Å². The van der Waals surface area contributed by atoms with E-state index >= 15 is 0 Å². The van der Waals surface area contributed by atoms with E-state index in [-0.39, 0.29) is 49.4 Å². The molecule has 6 N–H and O–H groups in total. The highest BCUT2D eigenvalue weighted by Gasteiger charge is 2.33. The molecule has 3 aromatic carbocycles. The third-order valence-corrected chi connectivity index (χ3v) is 7.93. The van der Waals surface area contributed by atoms with Crippen molar-refractivity contribution in [1.29, 1.82) is 0 Å². The van der Waals surface area contributed by atoms with E-state index in [0.29, 0.717) is 58.7 Å². The van der Waals surface area contributed by atoms with Gasteiger partial charge < -0.3 is 31.9 Å². The highest BCUT2D eigenvalue weighted by molar-refractivity contribution is 6.04. The molecule has 0 spiro atoms. The Kier molecular flexibility index (Phi) is 11.6. The molecule has 50 heavy (non-hydrogen) atoms. The molecule has 0 unspecified atom stereocenters. The summed E-state index contributed by atoms with van der Waals surface area (Å²) in [6, 6.07) is 23.6. The van der Waals surface area contributed by atoms with Gasteiger partial charge in [0.1, 0.15) is 6.04 Å². The molecule has 1 fully saturated rings. The van der Waals surface area contributed by atoms with Crippen LogP contribution in [0.15, 0.2) is 97.3 Å². The quantitative estimate of drug-likeness (QED) is 0.144. The molecule has 0 saturated carbocycles. The fourth-order valence-corrected chi connectivity index (χ4v) is 5.66. The minimum Gasteiger partial charge on any atom is -0.368 e. The van der Waals surface area contributed by atoms with E-state index in [4.69, 9.17) is 5.73 Å². The second-order valence-electron chi connectivity index (χ2n) is 11.9. The molecule has 13 heteroatoms. The molecule has 0 radical (unpaired) electrons. The molecular weight excluding hydrogens is 638 g/mol. The number of rotatable bonds is 13. The first-order chi connectivity index (χ1) is 24.1. The zero-order valence-electron chi connectivity index (χ0n) is 27.2. The van der Waals surface area contributed by atoms with Crippen LogP contribution < -0.4 is 27.0 Å². The van der Waals surface area contributed by atoms with Crippen molar-refractivity contribution in [2.24, 2.45) is 5.73 Å². The third-order valence-electron chi connectivity index (χ3n) is 7.93. The maximum absolute atomic E-state index is 13.1. The van der Waals surface area contributed by atoms with Crippen molar-refractivity contribution in [2.75, 3.05) is 29.0 Å². The number of carbonyl (C=O) groups is 6. The van der Waals surface area contributed by atoms with Crippen LogP contribution in [0.2, 0.25) is 0 Å². The summed E-state index contributed by atoms with van der Waals surface area (Å²) in [7, 11) is 0. The molecular formula is C37H37N7O6. The lowest BCUT2D eigenvalue weighted by molar-refractivity contribution is -0.138. The second kappa shape index (κ2) is 16.6. The first-order valence-corrected chi connectivity index (χ1v) is 16.1. The number of carbonyl (C=O) groups excluding carboxylic acids is 6. The minimum absolute atomic E-state index is 0.0371. The van der Waals surface area contributed by atoms with Gasteiger partial charge in [-0.2, -0.15) is 0 Å². The molecule has 0 bridgehead atoms. The molecule has 2 heterocycles. The summed E-state index contributed by atoms with van der Waals surface area (Å²) >= 11 is 0. The highest BCUT2D eigenvalue weighted by atomic mass is 16.2. The van der Waals surface area contributed by atoms with Gasteiger partial charge in [0.05, 0.1) is 31.4 Å². The van der Waals surface area contributed by atoms with Gasteiger partial charge in [-0.3, -0.25) is 33.8 Å². The van der Waals surface area contributed by atoms with E-state index in [9.17, 15) is 28.8 Å². The molecule has 1 aromatic heterocycles. The first-order valence-electron chi connectivity index (χ1n) is 16.1. The zero-order valence-corrected chi connectivity index (χ0v) is 27.2. The van der Waals surface area contributed by atoms with Gasteiger partial charge in [0.15, 0.2) is 0 Å². The number of pyridine rings is 1. The number of hydrogen-bond donors (Lipinski definition) is 5. The number of nitrogens with one attached hydrogen (secondary N) is 4. The number of primary amides is 1. The van der Waals surface area contributed by atoms with E-state index < -0.39 is 17.9 Å². The van der Waals surface area contributed by atoms with E-state index in [1.54, 1.807) is 91.1 Å². The number of amides is 6. The summed E-state index contributed by atoms with van der Waals surface area (Å²) in [5.41, 5.74) is 9.19. The maximum atomic E-state index is 13.1. The smallest absolute Gasteiger partial charge is 0.257 e. The molecule has 1 saturated heterocycles. The van der Waals surface area contributed by atoms with Crippen LogP contribution in [0.4, 0.5) is 17.1 Å². The van der Waals surface area contributed by atoms with Crippen molar-refractivity contribution >= 4 is 52.5 Å². The second-order valence-corrected chi connectivity index (χ2v) is 11.9. The van der Waals surface area contributed by atoms with E-state index in [1.807, 2.05) is 0 Å². The number of nitrogens with two attached hydrogens (primary N) is 1. The number of hydrogen-bond acceptors (Lipinski definition) is 7. The molecule has 0 aliphatic carbocycles. The SMILES string of the molecule is NC(=O)CNC(=O)[C@@H]1CCCN1C(=O)Cc1cccc(NC(=O)Cc2cccc(NC(=O)Cc3cccc(NC(=O)c4cccnc4)c3)c2)c1. The van der Waals surface area contributed by atoms with Crippen molar-refractivity contribution in [1.82, 2.24) is 15.2 Å². The molecule has 13 nitrogen and oxygen atoms in total. The van der Waals surface area contributed by atoms with Gasteiger partial charge in [-0.1, -0.05) is 36.4 Å². The van der Waals surface area contributed by atoms with Gasteiger partial charge in [-0.15, -0.1) is 0 Å². The Morgan fingerprint density at radius 1 is 0.720 bits per heavy atom. The molecule has 6 amide bonds. The van der Waals surface area contributed by atoms with E-state index in [1.165, 1.54) is 11.1 Å². The number of likely N-dealkylation sites (tertiary alicyclic amines) is 1. The van der Waals surface area contributed by atoms with Crippen LogP contribution in [0.3, 0.4) is 0 Å². The predicted molar refractivity (Wildman–Crippen MR) is 187 cm³/mol. The van der Waals surface area contributed by atoms with Crippen LogP contribution in [-0.2, 0) is 43.2 Å². The summed E-state index contributed by atoms with van der Waals surface area (Å²) in [6.07, 6.45) is 4.38. The van der Waals surface area contributed by atoms with E-state index in [2.05, 4.69) is 26.3 Å². The normalized spacial score (nSPS) is 13.6. The van der Waals surface area contributed by atoms with Crippen molar-refractivity contribution < 1.29 is 28.8 Å². The van der Waals surface area contributed by atoms with Crippen LogP contribution in [0.5, 0.6) is 0 Å². The van der Waals surface area contributed by atoms with Crippen molar-refractivity contribution in [2.45, 2.75) is 38.1 Å². The van der Waals surface area contributed by atoms with Crippen molar-refractivity contribution in [3.05, 3.63) is 120 Å². The van der Waals surface area contributed by atoms with Gasteiger partial charge in [0, 0.05) is 36.0 Å². The topological polar surface area (TPSA) is 193 Å². The molecule has 4 aromatic rings. The monoisotopic (exact) mass is 675 g/mol. The average molecular weight is 676 g/mol. The van der Waals surface area contributed by atoms with Crippen molar-refractivity contribution in [3.63, 3.8) is 0 Å². The first kappa shape index (κ1) is 35.0. The van der Waals surface area contributed by atoms with Gasteiger partial charge in [0.2, 0.25) is 29.5 Å². The van der Waals surface area contributed by atoms with Crippen LogP contribution in [0.1, 0.15) is 39.9 Å². The Morgan fingerprint density at radius 2 is 1.28 bits per heavy atom. The van der Waals surface area contributed by atoms with Crippen molar-refractivity contribution in [3.8, 4) is 0 Å². The molecule has 1 aliphatic rings. The fraction of sp³-hybridized carbons (Fsp3) is 0.216. The van der Waals surface area contributed by atoms with Gasteiger partial charge in [0.25, 0.3) is 5.91 Å². The molecule has 5 rings (SSSR count). The Hall–Kier alpha value is -6.37. The summed E-state index contributed by atoms with van der Waals surface area (Å²) in [5.74, 6) is -2.15. The number of nitrogens with zero attached hydrogens (tertiary/aromatic N) is 2. The summed E-state index contributed by atoms with van der Waals surface area (Å²) < 4.78 is 0. The summed E-state index contributed by atoms with van der Waals surface area (Å²) in [4.78, 5) is 80.3. The van der Waals surface area contributed by atoms with Gasteiger partial charge in [-0.25, -0.2) is 0 Å². The molecule has 1 atom stereocenters. The maximum Gasteiger partial charge on any atom is 0.257 e. The largest absolute Gasteiger partial charge is 0.368 e. The number of anilines is 3. The van der Waals surface area contributed by atoms with E-state index in [0.717, 1.165) is 0 Å². The summed E-state index contributed by atoms with van der Waals surface area (Å²) in [5, 5.41) is 11.0. The highest BCUT2D eigenvalue weighted by Crippen LogP contribution is 2.21. The fourth-order valence-electron chi connectivity index (χ4n) is 5.66. The van der Waals surface area contributed by atoms with Crippen LogP contribution in [0.25, 0.3) is 0 Å². The van der Waals surface area contributed by atoms with Gasteiger partial charge >= 0.3 is 0 Å². The van der Waals surface area contributed by atoms with Crippen LogP contribution >= 0.6 is 0 Å². The van der Waals surface area contributed by atoms with Crippen LogP contribution in [-0.4, -0.2) is 64.5 Å². The van der Waals surface area contributed by atoms with Crippen LogP contribution in [0, 0.1) is 0 Å². The zero-order chi connectivity index (χ0) is 35.5. The third kappa shape index (κ3) is 10.1. The molecule has 256 valence electrons. The number of benzene rings is 3.